The van der Waals surface area contributed by atoms with Crippen molar-refractivity contribution in [3.63, 3.8) is 0 Å². The molecule has 0 radical (unpaired) electrons. The average Bonchev–Trinajstić information content (AvgIpc) is 2.37. The standard InChI is InChI=1S/C15H23F2N/c1-2-3-4-5-6-7-11-18-12-13-9-8-10-14(16)15(13)17/h8-10,18H,2-7,11-12H2,1H3. The molecule has 3 heteroatoms. The van der Waals surface area contributed by atoms with Gasteiger partial charge in [-0.15, -0.1) is 0 Å². The molecular formula is C15H23F2N. The minimum Gasteiger partial charge on any atom is -0.313 e. The van der Waals surface area contributed by atoms with Gasteiger partial charge in [-0.1, -0.05) is 51.2 Å². The van der Waals surface area contributed by atoms with Gasteiger partial charge in [0.15, 0.2) is 11.6 Å². The molecule has 1 nitrogen and oxygen atoms in total. The molecule has 1 aromatic carbocycles. The minimum absolute atomic E-state index is 0.401. The van der Waals surface area contributed by atoms with E-state index in [1.807, 2.05) is 0 Å². The van der Waals surface area contributed by atoms with Crippen LogP contribution in [0.1, 0.15) is 51.0 Å². The molecule has 0 amide bonds. The van der Waals surface area contributed by atoms with Crippen molar-refractivity contribution in [3.05, 3.63) is 35.4 Å². The molecule has 0 aliphatic carbocycles. The van der Waals surface area contributed by atoms with Gasteiger partial charge in [0.25, 0.3) is 0 Å². The number of unbranched alkanes of at least 4 members (excludes halogenated alkanes) is 5. The van der Waals surface area contributed by atoms with Crippen LogP contribution in [0.2, 0.25) is 0 Å². The number of nitrogens with one attached hydrogen (secondary N) is 1. The van der Waals surface area contributed by atoms with E-state index < -0.39 is 11.6 Å². The highest BCUT2D eigenvalue weighted by molar-refractivity contribution is 5.18. The zero-order chi connectivity index (χ0) is 13.2. The molecule has 1 aromatic rings. The van der Waals surface area contributed by atoms with E-state index >= 15 is 0 Å². The minimum atomic E-state index is -0.770. The normalized spacial score (nSPS) is 10.8. The van der Waals surface area contributed by atoms with Crippen molar-refractivity contribution in [2.75, 3.05) is 6.54 Å². The van der Waals surface area contributed by atoms with Gasteiger partial charge < -0.3 is 5.32 Å². The van der Waals surface area contributed by atoms with E-state index in [-0.39, 0.29) is 0 Å². The molecule has 1 rings (SSSR count). The fourth-order valence-electron chi connectivity index (χ4n) is 1.94. The Morgan fingerprint density at radius 3 is 2.50 bits per heavy atom. The number of halogens is 2. The third-order valence-corrected chi connectivity index (χ3v) is 3.05. The Labute approximate surface area is 109 Å². The summed E-state index contributed by atoms with van der Waals surface area (Å²) in [4.78, 5) is 0. The maximum Gasteiger partial charge on any atom is 0.163 e. The van der Waals surface area contributed by atoms with Crippen LogP contribution >= 0.6 is 0 Å². The highest BCUT2D eigenvalue weighted by Crippen LogP contribution is 2.11. The van der Waals surface area contributed by atoms with Crippen molar-refractivity contribution >= 4 is 0 Å². The molecule has 0 saturated heterocycles. The van der Waals surface area contributed by atoms with Gasteiger partial charge in [-0.2, -0.15) is 0 Å². The van der Waals surface area contributed by atoms with Crippen LogP contribution in [0.5, 0.6) is 0 Å². The van der Waals surface area contributed by atoms with Crippen molar-refractivity contribution in [1.29, 1.82) is 0 Å². The lowest BCUT2D eigenvalue weighted by Crippen LogP contribution is -2.16. The third kappa shape index (κ3) is 5.58. The van der Waals surface area contributed by atoms with Crippen molar-refractivity contribution in [3.8, 4) is 0 Å². The fraction of sp³-hybridized carbons (Fsp3) is 0.600. The zero-order valence-corrected chi connectivity index (χ0v) is 11.1. The van der Waals surface area contributed by atoms with Gasteiger partial charge in [-0.25, -0.2) is 8.78 Å². The predicted octanol–water partition coefficient (Wildman–Crippen LogP) is 4.41. The molecule has 0 fully saturated rings. The monoisotopic (exact) mass is 255 g/mol. The highest BCUT2D eigenvalue weighted by atomic mass is 19.2. The lowest BCUT2D eigenvalue weighted by molar-refractivity contribution is 0.490. The molecule has 0 heterocycles. The van der Waals surface area contributed by atoms with Gasteiger partial charge in [-0.3, -0.25) is 0 Å². The van der Waals surface area contributed by atoms with E-state index in [2.05, 4.69) is 12.2 Å². The highest BCUT2D eigenvalue weighted by Gasteiger charge is 2.06. The summed E-state index contributed by atoms with van der Waals surface area (Å²) in [6, 6.07) is 4.30. The molecule has 102 valence electrons. The zero-order valence-electron chi connectivity index (χ0n) is 11.1. The second-order valence-electron chi connectivity index (χ2n) is 4.66. The smallest absolute Gasteiger partial charge is 0.163 e. The predicted molar refractivity (Wildman–Crippen MR) is 71.4 cm³/mol. The SMILES string of the molecule is CCCCCCCCNCc1cccc(F)c1F. The second-order valence-corrected chi connectivity index (χ2v) is 4.66. The Balaban J connectivity index is 2.09. The molecule has 1 N–H and O–H groups in total. The number of benzene rings is 1. The van der Waals surface area contributed by atoms with Crippen LogP contribution in [0.15, 0.2) is 18.2 Å². The van der Waals surface area contributed by atoms with Crippen LogP contribution in [-0.4, -0.2) is 6.54 Å². The number of hydrogen-bond acceptors (Lipinski definition) is 1. The Morgan fingerprint density at radius 1 is 1.00 bits per heavy atom. The van der Waals surface area contributed by atoms with E-state index in [1.54, 1.807) is 12.1 Å². The Kier molecular flexibility index (Phi) is 7.58. The average molecular weight is 255 g/mol. The van der Waals surface area contributed by atoms with E-state index in [9.17, 15) is 8.78 Å². The van der Waals surface area contributed by atoms with Gasteiger partial charge in [0.2, 0.25) is 0 Å². The molecule has 0 aromatic heterocycles. The van der Waals surface area contributed by atoms with E-state index in [1.165, 1.54) is 32.1 Å². The second kappa shape index (κ2) is 9.03. The fourth-order valence-corrected chi connectivity index (χ4v) is 1.94. The maximum atomic E-state index is 13.3. The Bertz CT molecular complexity index is 339. The molecule has 18 heavy (non-hydrogen) atoms. The quantitative estimate of drug-likeness (QED) is 0.644. The van der Waals surface area contributed by atoms with Crippen LogP contribution in [0.4, 0.5) is 8.78 Å². The van der Waals surface area contributed by atoms with Crippen molar-refractivity contribution in [2.24, 2.45) is 0 Å². The van der Waals surface area contributed by atoms with Gasteiger partial charge >= 0.3 is 0 Å². The number of hydrogen-bond donors (Lipinski definition) is 1. The molecule has 0 atom stereocenters. The largest absolute Gasteiger partial charge is 0.313 e. The van der Waals surface area contributed by atoms with Gasteiger partial charge in [-0.05, 0) is 19.0 Å². The molecule has 0 spiro atoms. The van der Waals surface area contributed by atoms with Crippen molar-refractivity contribution < 1.29 is 8.78 Å². The van der Waals surface area contributed by atoms with Gasteiger partial charge in [0.05, 0.1) is 0 Å². The Hall–Kier alpha value is -0.960. The summed E-state index contributed by atoms with van der Waals surface area (Å²) in [5.74, 6) is -1.50. The summed E-state index contributed by atoms with van der Waals surface area (Å²) in [6.07, 6.45) is 7.44. The maximum absolute atomic E-state index is 13.3. The van der Waals surface area contributed by atoms with E-state index in [0.29, 0.717) is 12.1 Å². The summed E-state index contributed by atoms with van der Waals surface area (Å²) >= 11 is 0. The van der Waals surface area contributed by atoms with Crippen molar-refractivity contribution in [1.82, 2.24) is 5.32 Å². The topological polar surface area (TPSA) is 12.0 Å². The van der Waals surface area contributed by atoms with Crippen LogP contribution in [-0.2, 0) is 6.54 Å². The van der Waals surface area contributed by atoms with Crippen molar-refractivity contribution in [2.45, 2.75) is 52.0 Å². The molecule has 0 unspecified atom stereocenters. The van der Waals surface area contributed by atoms with Gasteiger partial charge in [0, 0.05) is 12.1 Å². The summed E-state index contributed by atoms with van der Waals surface area (Å²) in [5, 5.41) is 3.15. The Morgan fingerprint density at radius 2 is 1.72 bits per heavy atom. The summed E-state index contributed by atoms with van der Waals surface area (Å²) in [5.41, 5.74) is 0.404. The molecular weight excluding hydrogens is 232 g/mol. The summed E-state index contributed by atoms with van der Waals surface area (Å²) < 4.78 is 26.2. The summed E-state index contributed by atoms with van der Waals surface area (Å²) in [6.45, 7) is 3.47. The van der Waals surface area contributed by atoms with Gasteiger partial charge in [0.1, 0.15) is 0 Å². The third-order valence-electron chi connectivity index (χ3n) is 3.05. The van der Waals surface area contributed by atoms with Crippen LogP contribution in [0.25, 0.3) is 0 Å². The molecule has 0 aliphatic rings. The first kappa shape index (κ1) is 15.1. The van der Waals surface area contributed by atoms with E-state index in [0.717, 1.165) is 19.0 Å². The molecule has 0 bridgehead atoms. The molecule has 0 aliphatic heterocycles. The first-order chi connectivity index (χ1) is 8.75. The number of rotatable bonds is 9. The van der Waals surface area contributed by atoms with Crippen LogP contribution < -0.4 is 5.32 Å². The first-order valence-corrected chi connectivity index (χ1v) is 6.89. The summed E-state index contributed by atoms with van der Waals surface area (Å²) in [7, 11) is 0. The molecule has 0 saturated carbocycles. The lowest BCUT2D eigenvalue weighted by Gasteiger charge is -2.06. The first-order valence-electron chi connectivity index (χ1n) is 6.89. The van der Waals surface area contributed by atoms with E-state index in [4.69, 9.17) is 0 Å². The lowest BCUT2D eigenvalue weighted by atomic mass is 10.1. The van der Waals surface area contributed by atoms with Crippen LogP contribution in [0.3, 0.4) is 0 Å². The van der Waals surface area contributed by atoms with Crippen LogP contribution in [0, 0.1) is 11.6 Å².